The molecule has 4 rings (SSSR count). The second-order valence-electron chi connectivity index (χ2n) is 6.93. The van der Waals surface area contributed by atoms with Gasteiger partial charge in [0.2, 0.25) is 5.91 Å². The third-order valence-corrected chi connectivity index (χ3v) is 5.69. The van der Waals surface area contributed by atoms with Gasteiger partial charge in [0.05, 0.1) is 12.2 Å². The number of hydrogen-bond donors (Lipinski definition) is 1. The van der Waals surface area contributed by atoms with E-state index >= 15 is 0 Å². The first-order valence-corrected chi connectivity index (χ1v) is 9.77. The van der Waals surface area contributed by atoms with E-state index in [1.807, 2.05) is 42.5 Å². The Morgan fingerprint density at radius 2 is 1.71 bits per heavy atom. The number of nitrogens with zero attached hydrogens (tertiary/aromatic N) is 1. The van der Waals surface area contributed by atoms with E-state index in [1.54, 1.807) is 18.3 Å². The summed E-state index contributed by atoms with van der Waals surface area (Å²) < 4.78 is 1.54. The number of anilines is 1. The third-order valence-electron chi connectivity index (χ3n) is 4.98. The maximum Gasteiger partial charge on any atom is 0.250 e. The molecule has 4 nitrogen and oxygen atoms in total. The monoisotopic (exact) mass is 412 g/mol. The lowest BCUT2D eigenvalue weighted by molar-refractivity contribution is -0.117. The van der Waals surface area contributed by atoms with Gasteiger partial charge in [-0.15, -0.1) is 0 Å². The maximum absolute atomic E-state index is 12.6. The fourth-order valence-corrected chi connectivity index (χ4v) is 3.85. The molecule has 1 heterocycles. The molecule has 0 saturated heterocycles. The number of hydrogen-bond acceptors (Lipinski definition) is 2. The Morgan fingerprint density at radius 3 is 2.46 bits per heavy atom. The summed E-state index contributed by atoms with van der Waals surface area (Å²) in [7, 11) is 0. The molecule has 1 aliphatic rings. The summed E-state index contributed by atoms with van der Waals surface area (Å²) in [5.41, 5.74) is 2.28. The van der Waals surface area contributed by atoms with E-state index in [9.17, 15) is 9.59 Å². The molecule has 2 aromatic carbocycles. The summed E-state index contributed by atoms with van der Waals surface area (Å²) in [6, 6.07) is 18.1. The summed E-state index contributed by atoms with van der Waals surface area (Å²) in [4.78, 5) is 24.8. The number of amides is 1. The van der Waals surface area contributed by atoms with Gasteiger partial charge < -0.3 is 9.88 Å². The predicted octanol–water partition coefficient (Wildman–Crippen LogP) is 4.95. The molecule has 0 radical (unpaired) electrons. The molecular formula is C22H18Cl2N2O2. The lowest BCUT2D eigenvalue weighted by atomic mass is 10.1. The van der Waals surface area contributed by atoms with E-state index in [0.29, 0.717) is 22.3 Å². The van der Waals surface area contributed by atoms with Gasteiger partial charge in [-0.25, -0.2) is 0 Å². The minimum absolute atomic E-state index is 0.0622. The Hall–Kier alpha value is -2.56. The van der Waals surface area contributed by atoms with Gasteiger partial charge in [0.15, 0.2) is 0 Å². The number of rotatable bonds is 5. The maximum atomic E-state index is 12.6. The molecule has 0 bridgehead atoms. The lowest BCUT2D eigenvalue weighted by Crippen LogP contribution is -2.22. The summed E-state index contributed by atoms with van der Waals surface area (Å²) in [6.07, 6.45) is 2.42. The Morgan fingerprint density at radius 1 is 1.00 bits per heavy atom. The number of aromatic nitrogens is 1. The SMILES string of the molecule is O=C(Nc1ccc(=O)n(Cc2ccccc2Cl)c1)C1CC1c1ccccc1Cl. The zero-order valence-electron chi connectivity index (χ0n) is 14.9. The van der Waals surface area contributed by atoms with Crippen molar-refractivity contribution in [3.05, 3.63) is 98.4 Å². The highest BCUT2D eigenvalue weighted by molar-refractivity contribution is 6.31. The van der Waals surface area contributed by atoms with Crippen molar-refractivity contribution >= 4 is 34.8 Å². The van der Waals surface area contributed by atoms with Gasteiger partial charge in [-0.2, -0.15) is 0 Å². The molecule has 0 spiro atoms. The second kappa shape index (κ2) is 7.82. The molecule has 2 unspecified atom stereocenters. The Labute approximate surface area is 172 Å². The standard InChI is InChI=1S/C22H18Cl2N2O2/c23-19-7-3-1-5-14(19)12-26-13-15(9-10-21(26)27)25-22(28)18-11-17(18)16-6-2-4-8-20(16)24/h1-10,13,17-18H,11-12H2,(H,25,28). The van der Waals surface area contributed by atoms with E-state index < -0.39 is 0 Å². The van der Waals surface area contributed by atoms with Crippen molar-refractivity contribution in [1.29, 1.82) is 0 Å². The number of nitrogens with one attached hydrogen (secondary N) is 1. The molecule has 0 aliphatic heterocycles. The number of carbonyl (C=O) groups excluding carboxylic acids is 1. The molecule has 3 aromatic rings. The van der Waals surface area contributed by atoms with Crippen LogP contribution in [0.2, 0.25) is 10.0 Å². The number of halogens is 2. The second-order valence-corrected chi connectivity index (χ2v) is 7.75. The quantitative estimate of drug-likeness (QED) is 0.644. The van der Waals surface area contributed by atoms with Crippen molar-refractivity contribution < 1.29 is 4.79 Å². The Kier molecular flexibility index (Phi) is 5.25. The van der Waals surface area contributed by atoms with Gasteiger partial charge in [0.25, 0.3) is 5.56 Å². The van der Waals surface area contributed by atoms with Gasteiger partial charge in [-0.05, 0) is 41.7 Å². The van der Waals surface area contributed by atoms with E-state index in [-0.39, 0.29) is 23.3 Å². The molecule has 1 saturated carbocycles. The molecule has 1 aromatic heterocycles. The zero-order chi connectivity index (χ0) is 19.7. The summed E-state index contributed by atoms with van der Waals surface area (Å²) in [6.45, 7) is 0.341. The third kappa shape index (κ3) is 3.98. The van der Waals surface area contributed by atoms with Crippen molar-refractivity contribution in [2.75, 3.05) is 5.32 Å². The molecule has 1 fully saturated rings. The molecule has 28 heavy (non-hydrogen) atoms. The molecule has 1 amide bonds. The van der Waals surface area contributed by atoms with Crippen LogP contribution in [0.25, 0.3) is 0 Å². The molecule has 6 heteroatoms. The zero-order valence-corrected chi connectivity index (χ0v) is 16.5. The van der Waals surface area contributed by atoms with Crippen LogP contribution in [0.5, 0.6) is 0 Å². The van der Waals surface area contributed by atoms with Crippen LogP contribution in [0.4, 0.5) is 5.69 Å². The van der Waals surface area contributed by atoms with Crippen LogP contribution in [-0.4, -0.2) is 10.5 Å². The van der Waals surface area contributed by atoms with Crippen LogP contribution in [0.3, 0.4) is 0 Å². The van der Waals surface area contributed by atoms with Crippen LogP contribution < -0.4 is 10.9 Å². The highest BCUT2D eigenvalue weighted by Crippen LogP contribution is 2.49. The fourth-order valence-electron chi connectivity index (χ4n) is 3.38. The Bertz CT molecular complexity index is 1090. The van der Waals surface area contributed by atoms with Crippen molar-refractivity contribution in [3.63, 3.8) is 0 Å². The van der Waals surface area contributed by atoms with Crippen LogP contribution >= 0.6 is 23.2 Å². The molecule has 1 N–H and O–H groups in total. The van der Waals surface area contributed by atoms with Crippen LogP contribution in [-0.2, 0) is 11.3 Å². The van der Waals surface area contributed by atoms with Crippen molar-refractivity contribution in [2.24, 2.45) is 5.92 Å². The molecular weight excluding hydrogens is 395 g/mol. The number of carbonyl (C=O) groups is 1. The topological polar surface area (TPSA) is 51.1 Å². The summed E-state index contributed by atoms with van der Waals surface area (Å²) >= 11 is 12.4. The van der Waals surface area contributed by atoms with E-state index in [4.69, 9.17) is 23.2 Å². The van der Waals surface area contributed by atoms with Crippen molar-refractivity contribution in [1.82, 2.24) is 4.57 Å². The first-order chi connectivity index (χ1) is 13.5. The van der Waals surface area contributed by atoms with Gasteiger partial charge in [0, 0.05) is 28.2 Å². The predicted molar refractivity (Wildman–Crippen MR) is 112 cm³/mol. The highest BCUT2D eigenvalue weighted by atomic mass is 35.5. The highest BCUT2D eigenvalue weighted by Gasteiger charge is 2.44. The normalized spacial score (nSPS) is 17.9. The van der Waals surface area contributed by atoms with Crippen LogP contribution in [0.15, 0.2) is 71.7 Å². The summed E-state index contributed by atoms with van der Waals surface area (Å²) in [5.74, 6) is -0.0283. The number of benzene rings is 2. The van der Waals surface area contributed by atoms with E-state index in [2.05, 4.69) is 5.32 Å². The first-order valence-electron chi connectivity index (χ1n) is 9.02. The van der Waals surface area contributed by atoms with Gasteiger partial charge >= 0.3 is 0 Å². The largest absolute Gasteiger partial charge is 0.325 e. The van der Waals surface area contributed by atoms with Gasteiger partial charge in [0.1, 0.15) is 0 Å². The van der Waals surface area contributed by atoms with Gasteiger partial charge in [-0.3, -0.25) is 9.59 Å². The summed E-state index contributed by atoms with van der Waals surface area (Å²) in [5, 5.41) is 4.21. The van der Waals surface area contributed by atoms with Crippen LogP contribution in [0.1, 0.15) is 23.5 Å². The van der Waals surface area contributed by atoms with Crippen molar-refractivity contribution in [2.45, 2.75) is 18.9 Å². The van der Waals surface area contributed by atoms with Gasteiger partial charge in [-0.1, -0.05) is 59.6 Å². The molecule has 1 aliphatic carbocycles. The minimum atomic E-state index is -0.154. The molecule has 2 atom stereocenters. The van der Waals surface area contributed by atoms with E-state index in [1.165, 1.54) is 10.6 Å². The Balaban J connectivity index is 1.47. The number of pyridine rings is 1. The first kappa shape index (κ1) is 18.8. The molecule has 142 valence electrons. The fraction of sp³-hybridized carbons (Fsp3) is 0.182. The van der Waals surface area contributed by atoms with Crippen molar-refractivity contribution in [3.8, 4) is 0 Å². The average Bonchev–Trinajstić information content (AvgIpc) is 3.47. The average molecular weight is 413 g/mol. The lowest BCUT2D eigenvalue weighted by Gasteiger charge is -2.11. The van der Waals surface area contributed by atoms with Crippen LogP contribution in [0, 0.1) is 5.92 Å². The minimum Gasteiger partial charge on any atom is -0.325 e. The smallest absolute Gasteiger partial charge is 0.250 e. The van der Waals surface area contributed by atoms with E-state index in [0.717, 1.165) is 17.5 Å².